The van der Waals surface area contributed by atoms with Gasteiger partial charge in [0.25, 0.3) is 0 Å². The third-order valence-electron chi connectivity index (χ3n) is 4.20. The summed E-state index contributed by atoms with van der Waals surface area (Å²) in [5, 5.41) is 15.2. The molecule has 0 spiro atoms. The molecule has 1 heterocycles. The Balaban J connectivity index is 2.03. The normalized spacial score (nSPS) is 14.5. The summed E-state index contributed by atoms with van der Waals surface area (Å²) in [7, 11) is 0. The Morgan fingerprint density at radius 3 is 2.61 bits per heavy atom. The lowest BCUT2D eigenvalue weighted by atomic mass is 10.0. The summed E-state index contributed by atoms with van der Waals surface area (Å²) in [6, 6.07) is 14.0. The second-order valence-corrected chi connectivity index (χ2v) is 6.38. The van der Waals surface area contributed by atoms with Gasteiger partial charge in [-0.2, -0.15) is 5.26 Å². The van der Waals surface area contributed by atoms with Crippen LogP contribution in [0.1, 0.15) is 32.3 Å². The maximum absolute atomic E-state index is 12.5. The van der Waals surface area contributed by atoms with Crippen molar-refractivity contribution in [1.29, 1.82) is 5.26 Å². The molecule has 2 aromatic carbocycles. The highest BCUT2D eigenvalue weighted by molar-refractivity contribution is 5.98. The van der Waals surface area contributed by atoms with E-state index in [9.17, 15) is 10.1 Å². The van der Waals surface area contributed by atoms with Gasteiger partial charge in [0.05, 0.1) is 17.3 Å². The predicted molar refractivity (Wildman–Crippen MR) is 91.8 cm³/mol. The van der Waals surface area contributed by atoms with Crippen LogP contribution in [0.4, 0.5) is 5.69 Å². The molecule has 0 radical (unpaired) electrons. The SMILES string of the molecule is CC(C)CC(=O)N1CCCN1c1ccc(C#N)c2ccccc12. The van der Waals surface area contributed by atoms with E-state index in [0.29, 0.717) is 17.9 Å². The third-order valence-corrected chi connectivity index (χ3v) is 4.20. The van der Waals surface area contributed by atoms with Gasteiger partial charge in [0.1, 0.15) is 0 Å². The minimum atomic E-state index is 0.172. The largest absolute Gasteiger partial charge is 0.282 e. The standard InChI is InChI=1S/C19H21N3O/c1-14(2)12-19(23)22-11-5-10-21(22)18-9-8-15(13-20)16-6-3-4-7-17(16)18/h3-4,6-9,14H,5,10-12H2,1-2H3. The number of hydrazine groups is 1. The van der Waals surface area contributed by atoms with Crippen molar-refractivity contribution in [2.45, 2.75) is 26.7 Å². The lowest BCUT2D eigenvalue weighted by molar-refractivity contribution is -0.131. The minimum Gasteiger partial charge on any atom is -0.282 e. The molecule has 23 heavy (non-hydrogen) atoms. The van der Waals surface area contributed by atoms with Gasteiger partial charge in [-0.3, -0.25) is 14.8 Å². The van der Waals surface area contributed by atoms with E-state index in [-0.39, 0.29) is 5.91 Å². The third kappa shape index (κ3) is 2.87. The van der Waals surface area contributed by atoms with Gasteiger partial charge in [-0.1, -0.05) is 38.1 Å². The van der Waals surface area contributed by atoms with Crippen LogP contribution in [0.25, 0.3) is 10.8 Å². The van der Waals surface area contributed by atoms with Crippen molar-refractivity contribution in [3.05, 3.63) is 42.0 Å². The Morgan fingerprint density at radius 1 is 1.17 bits per heavy atom. The molecule has 0 bridgehead atoms. The zero-order valence-corrected chi connectivity index (χ0v) is 13.6. The van der Waals surface area contributed by atoms with Crippen molar-refractivity contribution in [2.75, 3.05) is 18.1 Å². The topological polar surface area (TPSA) is 47.3 Å². The van der Waals surface area contributed by atoms with Crippen LogP contribution in [-0.4, -0.2) is 24.0 Å². The Hall–Kier alpha value is -2.54. The van der Waals surface area contributed by atoms with E-state index < -0.39 is 0 Å². The highest BCUT2D eigenvalue weighted by Crippen LogP contribution is 2.32. The van der Waals surface area contributed by atoms with E-state index >= 15 is 0 Å². The summed E-state index contributed by atoms with van der Waals surface area (Å²) in [4.78, 5) is 12.5. The highest BCUT2D eigenvalue weighted by atomic mass is 16.2. The van der Waals surface area contributed by atoms with E-state index in [1.165, 1.54) is 0 Å². The number of hydrogen-bond acceptors (Lipinski definition) is 3. The van der Waals surface area contributed by atoms with Crippen LogP contribution >= 0.6 is 0 Å². The fraction of sp³-hybridized carbons (Fsp3) is 0.368. The Labute approximate surface area is 136 Å². The van der Waals surface area contributed by atoms with Gasteiger partial charge in [0, 0.05) is 30.3 Å². The molecule has 118 valence electrons. The number of fused-ring (bicyclic) bond motifs is 1. The van der Waals surface area contributed by atoms with Crippen molar-refractivity contribution in [3.63, 3.8) is 0 Å². The van der Waals surface area contributed by atoms with Crippen LogP contribution in [0.2, 0.25) is 0 Å². The van der Waals surface area contributed by atoms with Crippen molar-refractivity contribution >= 4 is 22.4 Å². The van der Waals surface area contributed by atoms with Gasteiger partial charge in [0.2, 0.25) is 5.91 Å². The fourth-order valence-corrected chi connectivity index (χ4v) is 3.18. The minimum absolute atomic E-state index is 0.172. The van der Waals surface area contributed by atoms with Crippen LogP contribution in [0, 0.1) is 17.2 Å². The Kier molecular flexibility index (Phi) is 4.20. The number of amides is 1. The lowest BCUT2D eigenvalue weighted by Gasteiger charge is -2.31. The lowest BCUT2D eigenvalue weighted by Crippen LogP contribution is -2.41. The molecule has 1 saturated heterocycles. The fourth-order valence-electron chi connectivity index (χ4n) is 3.18. The molecule has 0 atom stereocenters. The molecule has 0 unspecified atom stereocenters. The van der Waals surface area contributed by atoms with Gasteiger partial charge in [0.15, 0.2) is 0 Å². The van der Waals surface area contributed by atoms with Crippen molar-refractivity contribution in [3.8, 4) is 6.07 Å². The maximum Gasteiger partial charge on any atom is 0.241 e. The van der Waals surface area contributed by atoms with E-state index in [4.69, 9.17) is 0 Å². The molecule has 3 rings (SSSR count). The number of nitriles is 1. The second kappa shape index (κ2) is 6.29. The molecule has 4 heteroatoms. The van der Waals surface area contributed by atoms with E-state index in [1.807, 2.05) is 41.4 Å². The molecule has 0 aromatic heterocycles. The summed E-state index contributed by atoms with van der Waals surface area (Å²) in [5.41, 5.74) is 1.68. The first-order valence-electron chi connectivity index (χ1n) is 8.11. The molecule has 0 aliphatic carbocycles. The summed E-state index contributed by atoms with van der Waals surface area (Å²) in [6.45, 7) is 5.73. The summed E-state index contributed by atoms with van der Waals surface area (Å²) >= 11 is 0. The molecule has 4 nitrogen and oxygen atoms in total. The first kappa shape index (κ1) is 15.4. The molecule has 1 aliphatic heterocycles. The molecule has 0 saturated carbocycles. The van der Waals surface area contributed by atoms with Crippen LogP contribution in [0.3, 0.4) is 0 Å². The first-order chi connectivity index (χ1) is 11.1. The molecule has 2 aromatic rings. The molecular weight excluding hydrogens is 286 g/mol. The number of nitrogens with zero attached hydrogens (tertiary/aromatic N) is 3. The summed E-state index contributed by atoms with van der Waals surface area (Å²) in [6.07, 6.45) is 1.53. The number of carbonyl (C=O) groups excluding carboxylic acids is 1. The van der Waals surface area contributed by atoms with Crippen LogP contribution < -0.4 is 5.01 Å². The number of anilines is 1. The molecule has 0 N–H and O–H groups in total. The van der Waals surface area contributed by atoms with Gasteiger partial charge < -0.3 is 0 Å². The Bertz CT molecular complexity index is 776. The number of benzene rings is 2. The van der Waals surface area contributed by atoms with E-state index in [1.54, 1.807) is 0 Å². The van der Waals surface area contributed by atoms with Crippen molar-refractivity contribution in [2.24, 2.45) is 5.92 Å². The van der Waals surface area contributed by atoms with E-state index in [0.717, 1.165) is 36.0 Å². The van der Waals surface area contributed by atoms with Gasteiger partial charge in [-0.15, -0.1) is 0 Å². The van der Waals surface area contributed by atoms with Crippen LogP contribution in [-0.2, 0) is 4.79 Å². The number of rotatable bonds is 3. The Morgan fingerprint density at radius 2 is 1.91 bits per heavy atom. The number of carbonyl (C=O) groups is 1. The monoisotopic (exact) mass is 307 g/mol. The molecular formula is C19H21N3O. The highest BCUT2D eigenvalue weighted by Gasteiger charge is 2.28. The average Bonchev–Trinajstić information content (AvgIpc) is 3.02. The first-order valence-corrected chi connectivity index (χ1v) is 8.11. The predicted octanol–water partition coefficient (Wildman–Crippen LogP) is 3.71. The van der Waals surface area contributed by atoms with Gasteiger partial charge in [-0.05, 0) is 24.5 Å². The van der Waals surface area contributed by atoms with Gasteiger partial charge in [-0.25, -0.2) is 0 Å². The second-order valence-electron chi connectivity index (χ2n) is 6.38. The molecule has 1 aliphatic rings. The van der Waals surface area contributed by atoms with Gasteiger partial charge >= 0.3 is 0 Å². The van der Waals surface area contributed by atoms with Crippen molar-refractivity contribution in [1.82, 2.24) is 5.01 Å². The van der Waals surface area contributed by atoms with Crippen molar-refractivity contribution < 1.29 is 4.79 Å². The van der Waals surface area contributed by atoms with Crippen LogP contribution in [0.5, 0.6) is 0 Å². The van der Waals surface area contributed by atoms with E-state index in [2.05, 4.69) is 24.9 Å². The maximum atomic E-state index is 12.5. The zero-order valence-electron chi connectivity index (χ0n) is 13.6. The van der Waals surface area contributed by atoms with Crippen LogP contribution in [0.15, 0.2) is 36.4 Å². The quantitative estimate of drug-likeness (QED) is 0.868. The number of hydrogen-bond donors (Lipinski definition) is 0. The summed E-state index contributed by atoms with van der Waals surface area (Å²) in [5.74, 6) is 0.522. The smallest absolute Gasteiger partial charge is 0.241 e. The molecule has 1 amide bonds. The molecule has 1 fully saturated rings. The average molecular weight is 307 g/mol. The summed E-state index contributed by atoms with van der Waals surface area (Å²) < 4.78 is 0. The zero-order chi connectivity index (χ0) is 16.4.